The van der Waals surface area contributed by atoms with Gasteiger partial charge in [-0.05, 0) is 73.0 Å². The number of fused-ring (bicyclic) bond motifs is 1. The number of nitrogens with zero attached hydrogens (tertiary/aromatic N) is 4. The van der Waals surface area contributed by atoms with Crippen LogP contribution in [0.25, 0.3) is 22.9 Å². The lowest BCUT2D eigenvalue weighted by Gasteiger charge is -2.22. The molecule has 1 fully saturated rings. The van der Waals surface area contributed by atoms with E-state index in [1.165, 1.54) is 18.2 Å². The van der Waals surface area contributed by atoms with Crippen molar-refractivity contribution in [2.24, 2.45) is 4.99 Å². The molecule has 3 heterocycles. The highest BCUT2D eigenvalue weighted by molar-refractivity contribution is 9.10. The zero-order valence-corrected chi connectivity index (χ0v) is 21.9. The first-order chi connectivity index (χ1) is 18.4. The molecule has 38 heavy (non-hydrogen) atoms. The molecule has 0 bridgehead atoms. The first kappa shape index (κ1) is 24.4. The van der Waals surface area contributed by atoms with Gasteiger partial charge in [0.05, 0.1) is 11.0 Å². The van der Waals surface area contributed by atoms with Crippen LogP contribution in [-0.4, -0.2) is 39.1 Å². The Balaban J connectivity index is 1.36. The molecule has 3 aromatic carbocycles. The summed E-state index contributed by atoms with van der Waals surface area (Å²) in [5, 5.41) is 6.30. The summed E-state index contributed by atoms with van der Waals surface area (Å²) in [6.07, 6.45) is 2.60. The average molecular weight is 573 g/mol. The number of hydrogen-bond donors (Lipinski definition) is 0. The molecular weight excluding hydrogens is 551 g/mol. The third-order valence-electron chi connectivity index (χ3n) is 6.71. The van der Waals surface area contributed by atoms with Crippen molar-refractivity contribution in [3.63, 3.8) is 0 Å². The quantitative estimate of drug-likeness (QED) is 0.351. The molecule has 2 aliphatic heterocycles. The van der Waals surface area contributed by atoms with Gasteiger partial charge in [-0.3, -0.25) is 9.59 Å². The second kappa shape index (κ2) is 9.74. The highest BCUT2D eigenvalue weighted by atomic mass is 79.9. The van der Waals surface area contributed by atoms with Crippen molar-refractivity contribution < 1.29 is 18.7 Å². The SMILES string of the molecule is C[C@H]1O[C@@H](c2nn(-c3ccc(Br)cc3)cc2-c2ccc(F)cc2)N(CCc2ccc3c(c2)=CC(=O)N=3)C1=O. The van der Waals surface area contributed by atoms with Crippen molar-refractivity contribution in [3.8, 4) is 16.8 Å². The number of benzene rings is 3. The van der Waals surface area contributed by atoms with Crippen molar-refractivity contribution in [2.45, 2.75) is 25.7 Å². The Morgan fingerprint density at radius 2 is 1.79 bits per heavy atom. The topological polar surface area (TPSA) is 76.8 Å². The van der Waals surface area contributed by atoms with Crippen LogP contribution >= 0.6 is 15.9 Å². The third-order valence-corrected chi connectivity index (χ3v) is 7.24. The van der Waals surface area contributed by atoms with E-state index in [1.54, 1.807) is 28.6 Å². The summed E-state index contributed by atoms with van der Waals surface area (Å²) in [5.74, 6) is -0.723. The minimum atomic E-state index is -0.716. The number of hydrogen-bond acceptors (Lipinski definition) is 4. The molecule has 1 saturated heterocycles. The Labute approximate surface area is 226 Å². The van der Waals surface area contributed by atoms with Crippen molar-refractivity contribution in [3.05, 3.63) is 105 Å². The molecule has 6 rings (SSSR count). The molecule has 0 N–H and O–H groups in total. The number of carbonyl (C=O) groups is 2. The summed E-state index contributed by atoms with van der Waals surface area (Å²) in [6.45, 7) is 2.13. The van der Waals surface area contributed by atoms with Crippen LogP contribution in [0.4, 0.5) is 4.39 Å². The normalized spacial score (nSPS) is 18.4. The van der Waals surface area contributed by atoms with Crippen LogP contribution in [0, 0.1) is 5.82 Å². The van der Waals surface area contributed by atoms with Gasteiger partial charge in [-0.25, -0.2) is 14.1 Å². The Kier molecular flexibility index (Phi) is 6.25. The van der Waals surface area contributed by atoms with Gasteiger partial charge in [0, 0.05) is 34.1 Å². The molecule has 4 aromatic rings. The van der Waals surface area contributed by atoms with Gasteiger partial charge in [0.1, 0.15) is 17.6 Å². The van der Waals surface area contributed by atoms with Gasteiger partial charge in [-0.15, -0.1) is 0 Å². The van der Waals surface area contributed by atoms with Crippen LogP contribution in [0.2, 0.25) is 0 Å². The minimum Gasteiger partial charge on any atom is -0.339 e. The molecule has 9 heteroatoms. The van der Waals surface area contributed by atoms with Gasteiger partial charge < -0.3 is 9.64 Å². The fourth-order valence-electron chi connectivity index (χ4n) is 4.77. The standard InChI is InChI=1S/C29H22BrFN4O3/c1-17-28(37)34(13-12-18-2-11-25-20(14-18)15-26(36)32-25)29(38-17)27-24(19-3-7-22(31)8-4-19)16-35(33-27)23-9-5-21(30)6-10-23/h2-11,14-17,29H,12-13H2,1H3/t17-,29+/m1/s1. The zero-order chi connectivity index (χ0) is 26.4. The number of ether oxygens (including phenoxy) is 1. The number of halogens is 2. The highest BCUT2D eigenvalue weighted by Crippen LogP contribution is 2.37. The van der Waals surface area contributed by atoms with Crippen molar-refractivity contribution in [1.82, 2.24) is 14.7 Å². The highest BCUT2D eigenvalue weighted by Gasteiger charge is 2.41. The summed E-state index contributed by atoms with van der Waals surface area (Å²) < 4.78 is 22.6. The summed E-state index contributed by atoms with van der Waals surface area (Å²) in [7, 11) is 0. The van der Waals surface area contributed by atoms with Gasteiger partial charge in [-0.1, -0.05) is 34.1 Å². The van der Waals surface area contributed by atoms with E-state index in [4.69, 9.17) is 9.84 Å². The molecule has 0 saturated carbocycles. The Morgan fingerprint density at radius 3 is 2.55 bits per heavy atom. The predicted octanol–water partition coefficient (Wildman–Crippen LogP) is 3.87. The third kappa shape index (κ3) is 4.59. The Morgan fingerprint density at radius 1 is 1.03 bits per heavy atom. The first-order valence-electron chi connectivity index (χ1n) is 12.2. The van der Waals surface area contributed by atoms with Gasteiger partial charge in [0.15, 0.2) is 6.23 Å². The van der Waals surface area contributed by atoms with Gasteiger partial charge in [-0.2, -0.15) is 5.10 Å². The van der Waals surface area contributed by atoms with Crippen LogP contribution in [0.5, 0.6) is 0 Å². The number of amides is 2. The summed E-state index contributed by atoms with van der Waals surface area (Å²) in [4.78, 5) is 30.5. The molecular formula is C29H22BrFN4O3. The molecule has 0 spiro atoms. The average Bonchev–Trinajstić information content (AvgIpc) is 3.58. The van der Waals surface area contributed by atoms with Crippen LogP contribution in [-0.2, 0) is 20.7 Å². The van der Waals surface area contributed by atoms with Crippen molar-refractivity contribution >= 4 is 33.8 Å². The van der Waals surface area contributed by atoms with Crippen LogP contribution in [0.15, 0.2) is 82.4 Å². The maximum atomic E-state index is 13.7. The van der Waals surface area contributed by atoms with Crippen LogP contribution in [0.3, 0.4) is 0 Å². The lowest BCUT2D eigenvalue weighted by atomic mass is 10.0. The van der Waals surface area contributed by atoms with E-state index in [9.17, 15) is 14.0 Å². The summed E-state index contributed by atoms with van der Waals surface area (Å²) in [6, 6.07) is 19.6. The molecule has 2 amide bonds. The molecule has 1 aromatic heterocycles. The van der Waals surface area contributed by atoms with Crippen molar-refractivity contribution in [2.75, 3.05) is 6.54 Å². The van der Waals surface area contributed by atoms with Gasteiger partial charge >= 0.3 is 0 Å². The molecule has 7 nitrogen and oxygen atoms in total. The second-order valence-electron chi connectivity index (χ2n) is 9.26. The van der Waals surface area contributed by atoms with Gasteiger partial charge in [0.25, 0.3) is 11.8 Å². The molecule has 2 atom stereocenters. The molecule has 0 radical (unpaired) electrons. The largest absolute Gasteiger partial charge is 0.339 e. The Hall–Kier alpha value is -3.95. The molecule has 2 aliphatic rings. The van der Waals surface area contributed by atoms with E-state index < -0.39 is 12.3 Å². The lowest BCUT2D eigenvalue weighted by molar-refractivity contribution is -0.130. The monoisotopic (exact) mass is 572 g/mol. The number of rotatable bonds is 6. The van der Waals surface area contributed by atoms with Crippen LogP contribution < -0.4 is 10.6 Å². The number of carbonyl (C=O) groups excluding carboxylic acids is 2. The van der Waals surface area contributed by atoms with Gasteiger partial charge in [0.2, 0.25) is 0 Å². The summed E-state index contributed by atoms with van der Waals surface area (Å²) in [5.41, 5.74) is 3.90. The molecule has 0 aliphatic carbocycles. The van der Waals surface area contributed by atoms with E-state index in [-0.39, 0.29) is 17.6 Å². The van der Waals surface area contributed by atoms with Crippen LogP contribution in [0.1, 0.15) is 24.4 Å². The number of aromatic nitrogens is 2. The minimum absolute atomic E-state index is 0.129. The Bertz CT molecular complexity index is 1680. The maximum absolute atomic E-state index is 13.7. The molecule has 0 unspecified atom stereocenters. The summed E-state index contributed by atoms with van der Waals surface area (Å²) >= 11 is 3.46. The first-order valence-corrected chi connectivity index (χ1v) is 13.0. The maximum Gasteiger partial charge on any atom is 0.270 e. The zero-order valence-electron chi connectivity index (χ0n) is 20.3. The predicted molar refractivity (Wildman–Crippen MR) is 142 cm³/mol. The fraction of sp³-hybridized carbons (Fsp3) is 0.172. The van der Waals surface area contributed by atoms with E-state index in [2.05, 4.69) is 20.9 Å². The van der Waals surface area contributed by atoms with E-state index in [1.807, 2.05) is 48.7 Å². The molecule has 190 valence electrons. The van der Waals surface area contributed by atoms with Crippen molar-refractivity contribution in [1.29, 1.82) is 0 Å². The smallest absolute Gasteiger partial charge is 0.270 e. The van der Waals surface area contributed by atoms with E-state index >= 15 is 0 Å². The van der Waals surface area contributed by atoms with E-state index in [0.717, 1.165) is 32.1 Å². The van der Waals surface area contributed by atoms with E-state index in [0.29, 0.717) is 24.0 Å². The second-order valence-corrected chi connectivity index (χ2v) is 10.2. The fourth-order valence-corrected chi connectivity index (χ4v) is 5.04. The lowest BCUT2D eigenvalue weighted by Crippen LogP contribution is -2.33.